The lowest BCUT2D eigenvalue weighted by molar-refractivity contribution is -0.140. The molecule has 1 atom stereocenters. The minimum atomic E-state index is -4.00. The zero-order valence-electron chi connectivity index (χ0n) is 12.8. The lowest BCUT2D eigenvalue weighted by atomic mass is 10.3. The number of amides is 1. The Morgan fingerprint density at radius 2 is 2.00 bits per heavy atom. The number of carboxylic acids is 1. The number of aliphatic carboxylic acids is 1. The Kier molecular flexibility index (Phi) is 6.03. The third-order valence-electron chi connectivity index (χ3n) is 2.90. The fourth-order valence-corrected chi connectivity index (χ4v) is 5.03. The summed E-state index contributed by atoms with van der Waals surface area (Å²) in [5, 5.41) is 12.2. The molecule has 1 aromatic rings. The Hall–Kier alpha value is -1.52. The van der Waals surface area contributed by atoms with E-state index in [0.717, 1.165) is 15.6 Å². The molecule has 0 radical (unpaired) electrons. The zero-order valence-corrected chi connectivity index (χ0v) is 14.4. The van der Waals surface area contributed by atoms with E-state index in [-0.39, 0.29) is 23.2 Å². The smallest absolute Gasteiger partial charge is 0.321 e. The summed E-state index contributed by atoms with van der Waals surface area (Å²) in [6.07, 6.45) is 0. The molecule has 0 aliphatic rings. The molecule has 22 heavy (non-hydrogen) atoms. The second-order valence-corrected chi connectivity index (χ2v) is 8.01. The van der Waals surface area contributed by atoms with Gasteiger partial charge in [-0.25, -0.2) is 13.4 Å². The van der Waals surface area contributed by atoms with E-state index in [1.54, 1.807) is 13.8 Å². The van der Waals surface area contributed by atoms with Crippen molar-refractivity contribution in [1.29, 1.82) is 0 Å². The maximum atomic E-state index is 12.7. The van der Waals surface area contributed by atoms with Gasteiger partial charge in [-0.2, -0.15) is 4.31 Å². The molecule has 0 aromatic carbocycles. The molecule has 1 unspecified atom stereocenters. The number of nitrogens with one attached hydrogen (secondary N) is 1. The molecule has 1 amide bonds. The number of hydrogen-bond donors (Lipinski definition) is 2. The Morgan fingerprint density at radius 3 is 2.41 bits per heavy atom. The first-order valence-electron chi connectivity index (χ1n) is 6.50. The van der Waals surface area contributed by atoms with Gasteiger partial charge in [0.15, 0.2) is 4.21 Å². The normalized spacial score (nSPS) is 13.1. The molecule has 1 rings (SSSR count). The molecule has 0 saturated carbocycles. The molecule has 124 valence electrons. The summed E-state index contributed by atoms with van der Waals surface area (Å²) >= 11 is 0.997. The molecule has 2 N–H and O–H groups in total. The van der Waals surface area contributed by atoms with Crippen molar-refractivity contribution in [2.75, 3.05) is 13.1 Å². The molecule has 0 bridgehead atoms. The largest absolute Gasteiger partial charge is 0.480 e. The first-order chi connectivity index (χ1) is 10.1. The van der Waals surface area contributed by atoms with Crippen molar-refractivity contribution in [3.05, 3.63) is 10.7 Å². The van der Waals surface area contributed by atoms with Crippen LogP contribution in [0.2, 0.25) is 0 Å². The summed E-state index contributed by atoms with van der Waals surface area (Å²) in [4.78, 5) is 26.2. The molecule has 0 saturated heterocycles. The van der Waals surface area contributed by atoms with Crippen LogP contribution in [0.15, 0.2) is 4.21 Å². The van der Waals surface area contributed by atoms with Gasteiger partial charge in [-0.05, 0) is 20.8 Å². The average molecular weight is 349 g/mol. The van der Waals surface area contributed by atoms with Crippen molar-refractivity contribution in [2.45, 2.75) is 37.9 Å². The van der Waals surface area contributed by atoms with Crippen molar-refractivity contribution in [1.82, 2.24) is 14.6 Å². The third-order valence-corrected chi connectivity index (χ3v) is 6.53. The SMILES string of the molecule is CC(=O)NCCN(C(C)C(=O)O)S(=O)(=O)c1sc(C)nc1C. The lowest BCUT2D eigenvalue weighted by Crippen LogP contribution is -2.46. The summed E-state index contributed by atoms with van der Waals surface area (Å²) in [6.45, 7) is 5.73. The quantitative estimate of drug-likeness (QED) is 0.734. The highest BCUT2D eigenvalue weighted by Crippen LogP contribution is 2.27. The highest BCUT2D eigenvalue weighted by atomic mass is 32.2. The fourth-order valence-electron chi connectivity index (χ4n) is 1.85. The molecular formula is C12H19N3O5S2. The topological polar surface area (TPSA) is 117 Å². The Bertz CT molecular complexity index is 668. The average Bonchev–Trinajstić information content (AvgIpc) is 2.73. The Balaban J connectivity index is 3.15. The van der Waals surface area contributed by atoms with Crippen LogP contribution in [0.4, 0.5) is 0 Å². The number of thiazole rings is 1. The van der Waals surface area contributed by atoms with Crippen molar-refractivity contribution in [3.63, 3.8) is 0 Å². The monoisotopic (exact) mass is 349 g/mol. The lowest BCUT2D eigenvalue weighted by Gasteiger charge is -2.25. The number of carboxylic acid groups (broad SMARTS) is 1. The van der Waals surface area contributed by atoms with Gasteiger partial charge < -0.3 is 10.4 Å². The van der Waals surface area contributed by atoms with Crippen molar-refractivity contribution >= 4 is 33.2 Å². The minimum Gasteiger partial charge on any atom is -0.480 e. The number of sulfonamides is 1. The van der Waals surface area contributed by atoms with E-state index in [4.69, 9.17) is 5.11 Å². The Morgan fingerprint density at radius 1 is 1.41 bits per heavy atom. The standard InChI is InChI=1S/C12H19N3O5S2/c1-7-12(21-10(4)14-7)22(19,20)15(8(2)11(17)18)6-5-13-9(3)16/h8H,5-6H2,1-4H3,(H,13,16)(H,17,18). The van der Waals surface area contributed by atoms with E-state index in [1.807, 2.05) is 0 Å². The number of rotatable bonds is 7. The van der Waals surface area contributed by atoms with Crippen LogP contribution in [0.3, 0.4) is 0 Å². The van der Waals surface area contributed by atoms with Crippen molar-refractivity contribution in [2.24, 2.45) is 0 Å². The van der Waals surface area contributed by atoms with Crippen LogP contribution in [-0.2, 0) is 19.6 Å². The molecule has 8 nitrogen and oxygen atoms in total. The second-order valence-electron chi connectivity index (χ2n) is 4.72. The van der Waals surface area contributed by atoms with E-state index in [0.29, 0.717) is 10.7 Å². The second kappa shape index (κ2) is 7.16. The summed E-state index contributed by atoms with van der Waals surface area (Å²) in [6, 6.07) is -1.25. The molecule has 1 heterocycles. The maximum Gasteiger partial charge on any atom is 0.321 e. The van der Waals surface area contributed by atoms with Crippen LogP contribution in [0.5, 0.6) is 0 Å². The van der Waals surface area contributed by atoms with Gasteiger partial charge in [0.1, 0.15) is 6.04 Å². The number of hydrogen-bond acceptors (Lipinski definition) is 6. The Labute approximate surface area is 133 Å². The molecule has 0 aliphatic carbocycles. The predicted molar refractivity (Wildman–Crippen MR) is 81.3 cm³/mol. The fraction of sp³-hybridized carbons (Fsp3) is 0.583. The third kappa shape index (κ3) is 4.24. The molecule has 10 heteroatoms. The number of nitrogens with zero attached hydrogens (tertiary/aromatic N) is 2. The maximum absolute atomic E-state index is 12.7. The number of carbonyl (C=O) groups excluding carboxylic acids is 1. The highest BCUT2D eigenvalue weighted by Gasteiger charge is 2.35. The molecule has 0 fully saturated rings. The van der Waals surface area contributed by atoms with Gasteiger partial charge >= 0.3 is 5.97 Å². The van der Waals surface area contributed by atoms with Gasteiger partial charge in [0, 0.05) is 20.0 Å². The van der Waals surface area contributed by atoms with Gasteiger partial charge in [-0.1, -0.05) is 0 Å². The number of aromatic nitrogens is 1. The van der Waals surface area contributed by atoms with Crippen molar-refractivity contribution in [3.8, 4) is 0 Å². The van der Waals surface area contributed by atoms with Gasteiger partial charge in [-0.3, -0.25) is 9.59 Å². The molecule has 0 spiro atoms. The molecule has 0 aliphatic heterocycles. The zero-order chi connectivity index (χ0) is 17.1. The van der Waals surface area contributed by atoms with Gasteiger partial charge in [0.2, 0.25) is 5.91 Å². The summed E-state index contributed by atoms with van der Waals surface area (Å²) in [5.74, 6) is -1.57. The number of aryl methyl sites for hydroxylation is 2. The van der Waals surface area contributed by atoms with Gasteiger partial charge in [0.25, 0.3) is 10.0 Å². The summed E-state index contributed by atoms with van der Waals surface area (Å²) < 4.78 is 26.3. The van der Waals surface area contributed by atoms with Gasteiger partial charge in [-0.15, -0.1) is 11.3 Å². The predicted octanol–water partition coefficient (Wildman–Crippen LogP) is 0.360. The van der Waals surface area contributed by atoms with Crippen LogP contribution in [-0.4, -0.2) is 53.8 Å². The number of carbonyl (C=O) groups is 2. The van der Waals surface area contributed by atoms with E-state index in [9.17, 15) is 18.0 Å². The molecular weight excluding hydrogens is 330 g/mol. The van der Waals surface area contributed by atoms with Crippen LogP contribution in [0.25, 0.3) is 0 Å². The van der Waals surface area contributed by atoms with Crippen LogP contribution in [0, 0.1) is 13.8 Å². The summed E-state index contributed by atoms with van der Waals surface area (Å²) in [5.41, 5.74) is 0.338. The van der Waals surface area contributed by atoms with E-state index in [1.165, 1.54) is 13.8 Å². The summed E-state index contributed by atoms with van der Waals surface area (Å²) in [7, 11) is -4.00. The first-order valence-corrected chi connectivity index (χ1v) is 8.76. The molecule has 1 aromatic heterocycles. The highest BCUT2D eigenvalue weighted by molar-refractivity contribution is 7.91. The van der Waals surface area contributed by atoms with E-state index in [2.05, 4.69) is 10.3 Å². The van der Waals surface area contributed by atoms with Gasteiger partial charge in [0.05, 0.1) is 10.7 Å². The minimum absolute atomic E-state index is 0.0286. The van der Waals surface area contributed by atoms with E-state index >= 15 is 0 Å². The van der Waals surface area contributed by atoms with Crippen LogP contribution in [0.1, 0.15) is 24.5 Å². The van der Waals surface area contributed by atoms with Crippen LogP contribution < -0.4 is 5.32 Å². The van der Waals surface area contributed by atoms with Crippen molar-refractivity contribution < 1.29 is 23.1 Å². The van der Waals surface area contributed by atoms with E-state index < -0.39 is 22.0 Å². The first kappa shape index (κ1) is 18.5. The van der Waals surface area contributed by atoms with Crippen LogP contribution >= 0.6 is 11.3 Å².